The second kappa shape index (κ2) is 5.14. The molecule has 1 aromatic heterocycles. The fraction of sp³-hybridized carbons (Fsp3) is 0.667. The third-order valence-corrected chi connectivity index (χ3v) is 3.31. The van der Waals surface area contributed by atoms with Crippen LogP contribution in [0.25, 0.3) is 0 Å². The van der Waals surface area contributed by atoms with Crippen LogP contribution in [0.3, 0.4) is 0 Å². The Balaban J connectivity index is 1.79. The van der Waals surface area contributed by atoms with Gasteiger partial charge in [0.2, 0.25) is 5.91 Å². The summed E-state index contributed by atoms with van der Waals surface area (Å²) in [6.07, 6.45) is 9.23. The van der Waals surface area contributed by atoms with E-state index in [2.05, 4.69) is 9.97 Å². The molecule has 0 saturated heterocycles. The summed E-state index contributed by atoms with van der Waals surface area (Å²) in [6.45, 7) is 0.582. The molecule has 1 heterocycles. The Hall–Kier alpha value is -1.32. The van der Waals surface area contributed by atoms with Crippen LogP contribution in [0.2, 0.25) is 0 Å². The summed E-state index contributed by atoms with van der Waals surface area (Å²) in [5.41, 5.74) is 0. The van der Waals surface area contributed by atoms with Gasteiger partial charge in [-0.25, -0.2) is 4.98 Å². The van der Waals surface area contributed by atoms with Crippen molar-refractivity contribution in [1.82, 2.24) is 14.9 Å². The van der Waals surface area contributed by atoms with Crippen LogP contribution >= 0.6 is 0 Å². The molecule has 16 heavy (non-hydrogen) atoms. The van der Waals surface area contributed by atoms with E-state index < -0.39 is 0 Å². The number of carbonyl (C=O) groups excluding carboxylic acids is 1. The molecule has 1 fully saturated rings. The van der Waals surface area contributed by atoms with Gasteiger partial charge in [0, 0.05) is 25.9 Å². The number of hydrogen-bond acceptors (Lipinski definition) is 2. The van der Waals surface area contributed by atoms with Crippen molar-refractivity contribution in [3.63, 3.8) is 0 Å². The first-order valence-corrected chi connectivity index (χ1v) is 5.98. The fourth-order valence-electron chi connectivity index (χ4n) is 2.31. The van der Waals surface area contributed by atoms with E-state index in [1.807, 2.05) is 7.05 Å². The van der Waals surface area contributed by atoms with Gasteiger partial charge in [-0.1, -0.05) is 12.8 Å². The van der Waals surface area contributed by atoms with Crippen LogP contribution in [0, 0.1) is 5.92 Å². The number of imidazole rings is 1. The third-order valence-electron chi connectivity index (χ3n) is 3.31. The van der Waals surface area contributed by atoms with Crippen molar-refractivity contribution in [1.29, 1.82) is 0 Å². The highest BCUT2D eigenvalue weighted by Crippen LogP contribution is 2.27. The Labute approximate surface area is 96.1 Å². The molecule has 4 heteroatoms. The molecule has 0 radical (unpaired) electrons. The molecule has 88 valence electrons. The number of nitrogens with one attached hydrogen (secondary N) is 1. The molecule has 0 aromatic carbocycles. The Morgan fingerprint density at radius 1 is 1.56 bits per heavy atom. The van der Waals surface area contributed by atoms with Gasteiger partial charge in [-0.2, -0.15) is 0 Å². The Bertz CT molecular complexity index is 328. The van der Waals surface area contributed by atoms with Crippen molar-refractivity contribution >= 4 is 5.91 Å². The quantitative estimate of drug-likeness (QED) is 0.844. The fourth-order valence-corrected chi connectivity index (χ4v) is 2.31. The van der Waals surface area contributed by atoms with Gasteiger partial charge in [-0.15, -0.1) is 0 Å². The van der Waals surface area contributed by atoms with Crippen LogP contribution < -0.4 is 0 Å². The van der Waals surface area contributed by atoms with Crippen LogP contribution in [-0.4, -0.2) is 27.8 Å². The van der Waals surface area contributed by atoms with E-state index in [0.29, 0.717) is 18.9 Å². The van der Waals surface area contributed by atoms with Crippen LogP contribution in [0.15, 0.2) is 12.4 Å². The highest BCUT2D eigenvalue weighted by atomic mass is 16.2. The standard InChI is InChI=1S/C12H19N3O/c1-15(9-11-13-6-7-14-11)12(16)8-10-4-2-3-5-10/h6-7,10H,2-5,8-9H2,1H3,(H,13,14). The van der Waals surface area contributed by atoms with Crippen molar-refractivity contribution < 1.29 is 4.79 Å². The summed E-state index contributed by atoms with van der Waals surface area (Å²) < 4.78 is 0. The number of aromatic amines is 1. The molecule has 1 saturated carbocycles. The van der Waals surface area contributed by atoms with Crippen molar-refractivity contribution in [3.8, 4) is 0 Å². The van der Waals surface area contributed by atoms with Crippen LogP contribution in [-0.2, 0) is 11.3 Å². The summed E-state index contributed by atoms with van der Waals surface area (Å²) in [5, 5.41) is 0. The van der Waals surface area contributed by atoms with Crippen molar-refractivity contribution in [2.24, 2.45) is 5.92 Å². The van der Waals surface area contributed by atoms with Gasteiger partial charge < -0.3 is 9.88 Å². The van der Waals surface area contributed by atoms with E-state index in [-0.39, 0.29) is 5.91 Å². The van der Waals surface area contributed by atoms with E-state index >= 15 is 0 Å². The zero-order chi connectivity index (χ0) is 11.4. The summed E-state index contributed by atoms with van der Waals surface area (Å²) in [4.78, 5) is 20.8. The molecule has 4 nitrogen and oxygen atoms in total. The number of nitrogens with zero attached hydrogens (tertiary/aromatic N) is 2. The van der Waals surface area contributed by atoms with Gasteiger partial charge in [0.05, 0.1) is 6.54 Å². The molecule has 1 aliphatic rings. The second-order valence-corrected chi connectivity index (χ2v) is 4.64. The lowest BCUT2D eigenvalue weighted by Gasteiger charge is -2.18. The molecular formula is C12H19N3O. The minimum atomic E-state index is 0.239. The van der Waals surface area contributed by atoms with Gasteiger partial charge in [0.15, 0.2) is 0 Å². The summed E-state index contributed by atoms with van der Waals surface area (Å²) in [5.74, 6) is 1.71. The topological polar surface area (TPSA) is 49.0 Å². The van der Waals surface area contributed by atoms with Gasteiger partial charge in [-0.05, 0) is 18.8 Å². The zero-order valence-corrected chi connectivity index (χ0v) is 9.78. The van der Waals surface area contributed by atoms with E-state index in [9.17, 15) is 4.79 Å². The molecule has 1 aliphatic carbocycles. The Morgan fingerprint density at radius 2 is 2.31 bits per heavy atom. The lowest BCUT2D eigenvalue weighted by atomic mass is 10.0. The highest BCUT2D eigenvalue weighted by Gasteiger charge is 2.20. The van der Waals surface area contributed by atoms with E-state index in [1.54, 1.807) is 17.3 Å². The Morgan fingerprint density at radius 3 is 2.94 bits per heavy atom. The molecule has 0 aliphatic heterocycles. The smallest absolute Gasteiger partial charge is 0.222 e. The normalized spacial score (nSPS) is 16.6. The molecular weight excluding hydrogens is 202 g/mol. The van der Waals surface area contributed by atoms with Crippen molar-refractivity contribution in [3.05, 3.63) is 18.2 Å². The zero-order valence-electron chi connectivity index (χ0n) is 9.78. The third kappa shape index (κ3) is 2.84. The van der Waals surface area contributed by atoms with Crippen LogP contribution in [0.1, 0.15) is 37.9 Å². The van der Waals surface area contributed by atoms with Crippen LogP contribution in [0.4, 0.5) is 0 Å². The molecule has 1 amide bonds. The maximum absolute atomic E-state index is 11.9. The van der Waals surface area contributed by atoms with Crippen LogP contribution in [0.5, 0.6) is 0 Å². The maximum Gasteiger partial charge on any atom is 0.222 e. The number of hydrogen-bond donors (Lipinski definition) is 1. The minimum absolute atomic E-state index is 0.239. The number of H-pyrrole nitrogens is 1. The SMILES string of the molecule is CN(Cc1ncc[nH]1)C(=O)CC1CCCC1. The van der Waals surface area contributed by atoms with E-state index in [0.717, 1.165) is 5.82 Å². The highest BCUT2D eigenvalue weighted by molar-refractivity contribution is 5.76. The van der Waals surface area contributed by atoms with Crippen molar-refractivity contribution in [2.75, 3.05) is 7.05 Å². The summed E-state index contributed by atoms with van der Waals surface area (Å²) >= 11 is 0. The lowest BCUT2D eigenvalue weighted by Crippen LogP contribution is -2.28. The van der Waals surface area contributed by atoms with Gasteiger partial charge >= 0.3 is 0 Å². The van der Waals surface area contributed by atoms with Gasteiger partial charge in [0.25, 0.3) is 0 Å². The molecule has 0 bridgehead atoms. The maximum atomic E-state index is 11.9. The first-order chi connectivity index (χ1) is 7.75. The average Bonchev–Trinajstić information content (AvgIpc) is 2.90. The first kappa shape index (κ1) is 11.2. The number of rotatable bonds is 4. The average molecular weight is 221 g/mol. The molecule has 2 rings (SSSR count). The lowest BCUT2D eigenvalue weighted by molar-refractivity contribution is -0.131. The Kier molecular flexibility index (Phi) is 3.59. The summed E-state index contributed by atoms with van der Waals surface area (Å²) in [6, 6.07) is 0. The molecule has 0 atom stereocenters. The largest absolute Gasteiger partial charge is 0.347 e. The van der Waals surface area contributed by atoms with Gasteiger partial charge in [0.1, 0.15) is 5.82 Å². The monoisotopic (exact) mass is 221 g/mol. The molecule has 0 spiro atoms. The number of aromatic nitrogens is 2. The predicted octanol–water partition coefficient (Wildman–Crippen LogP) is 1.95. The first-order valence-electron chi connectivity index (χ1n) is 5.98. The number of carbonyl (C=O) groups is 1. The summed E-state index contributed by atoms with van der Waals surface area (Å²) in [7, 11) is 1.85. The molecule has 1 aromatic rings. The van der Waals surface area contributed by atoms with Crippen molar-refractivity contribution in [2.45, 2.75) is 38.6 Å². The number of amides is 1. The predicted molar refractivity (Wildman–Crippen MR) is 61.6 cm³/mol. The second-order valence-electron chi connectivity index (χ2n) is 4.64. The minimum Gasteiger partial charge on any atom is -0.347 e. The van der Waals surface area contributed by atoms with Gasteiger partial charge in [-0.3, -0.25) is 4.79 Å². The van der Waals surface area contributed by atoms with E-state index in [4.69, 9.17) is 0 Å². The molecule has 0 unspecified atom stereocenters. The van der Waals surface area contributed by atoms with E-state index in [1.165, 1.54) is 25.7 Å². The molecule has 1 N–H and O–H groups in total.